The molecule has 5 nitrogen and oxygen atoms in total. The van der Waals surface area contributed by atoms with E-state index in [1.54, 1.807) is 7.11 Å². The summed E-state index contributed by atoms with van der Waals surface area (Å²) < 4.78 is 6.50. The molecule has 1 aromatic heterocycles. The molecule has 2 N–H and O–H groups in total. The number of aromatic nitrogens is 1. The number of thiazole rings is 1. The van der Waals surface area contributed by atoms with Crippen molar-refractivity contribution in [2.75, 3.05) is 19.0 Å². The Morgan fingerprint density at radius 2 is 1.82 bits per heavy atom. The number of carbonyl (C=O) groups excluding carboxylic acids is 1. The van der Waals surface area contributed by atoms with Crippen LogP contribution in [0.1, 0.15) is 28.8 Å². The number of methoxy groups -OCH3 is 1. The van der Waals surface area contributed by atoms with Crippen LogP contribution in [0.2, 0.25) is 0 Å². The Morgan fingerprint density at radius 3 is 2.52 bits per heavy atom. The van der Waals surface area contributed by atoms with E-state index in [2.05, 4.69) is 27.8 Å². The van der Waals surface area contributed by atoms with Crippen LogP contribution in [0, 0.1) is 5.92 Å². The average molecular weight is 480 g/mol. The van der Waals surface area contributed by atoms with E-state index < -0.39 is 0 Å². The molecule has 0 spiro atoms. The molecule has 1 amide bonds. The summed E-state index contributed by atoms with van der Waals surface area (Å²) in [7, 11) is 1.63. The Morgan fingerprint density at radius 1 is 1.06 bits per heavy atom. The highest BCUT2D eigenvalue weighted by Gasteiger charge is 2.20. The predicted octanol–water partition coefficient (Wildman–Crippen LogP) is 6.15. The molecule has 0 bridgehead atoms. The van der Waals surface area contributed by atoms with E-state index in [-0.39, 0.29) is 18.3 Å². The summed E-state index contributed by atoms with van der Waals surface area (Å²) >= 11 is 1.46. The molecular weight excluding hydrogens is 454 g/mol. The molecule has 1 fully saturated rings. The maximum atomic E-state index is 12.8. The highest BCUT2D eigenvalue weighted by atomic mass is 35.5. The fourth-order valence-electron chi connectivity index (χ4n) is 3.73. The lowest BCUT2D eigenvalue weighted by atomic mass is 10.1. The highest BCUT2D eigenvalue weighted by Crippen LogP contribution is 2.39. The molecule has 0 aliphatic heterocycles. The fourth-order valence-corrected chi connectivity index (χ4v) is 4.75. The van der Waals surface area contributed by atoms with Gasteiger partial charge in [0.15, 0.2) is 5.13 Å². The zero-order valence-corrected chi connectivity index (χ0v) is 20.0. The number of ether oxygens (including phenoxy) is 1. The van der Waals surface area contributed by atoms with Gasteiger partial charge in [-0.1, -0.05) is 53.8 Å². The van der Waals surface area contributed by atoms with Crippen molar-refractivity contribution < 1.29 is 9.53 Å². The van der Waals surface area contributed by atoms with Gasteiger partial charge in [-0.15, -0.1) is 12.4 Å². The first kappa shape index (κ1) is 23.2. The minimum absolute atomic E-state index is 0. The van der Waals surface area contributed by atoms with Crippen molar-refractivity contribution >= 4 is 45.0 Å². The topological polar surface area (TPSA) is 63.2 Å². The number of anilines is 1. The van der Waals surface area contributed by atoms with Gasteiger partial charge in [-0.05, 0) is 60.7 Å². The van der Waals surface area contributed by atoms with Crippen LogP contribution in [0.15, 0.2) is 66.7 Å². The van der Waals surface area contributed by atoms with Crippen LogP contribution in [-0.4, -0.2) is 24.5 Å². The smallest absolute Gasteiger partial charge is 0.257 e. The standard InChI is InChI=1S/C26H25N3O2S.ClH/c1-31-22-14-13-21(19-5-3-2-4-6-19)24-23(22)28-26(32-24)29-25(30)20-11-9-18(10-12-20)16-27-15-17-7-8-17;/h2-6,9-14,17,27H,7-8,15-16H2,1H3,(H,28,29,30);1H. The molecular formula is C26H26ClN3O2S. The van der Waals surface area contributed by atoms with Crippen molar-refractivity contribution in [1.29, 1.82) is 0 Å². The van der Waals surface area contributed by atoms with Gasteiger partial charge < -0.3 is 10.1 Å². The third-order valence-corrected chi connectivity index (χ3v) is 6.71. The van der Waals surface area contributed by atoms with E-state index in [0.717, 1.165) is 40.4 Å². The number of benzene rings is 3. The molecule has 5 rings (SSSR count). The predicted molar refractivity (Wildman–Crippen MR) is 138 cm³/mol. The lowest BCUT2D eigenvalue weighted by Crippen LogP contribution is -2.16. The molecule has 4 aromatic rings. The monoisotopic (exact) mass is 479 g/mol. The van der Waals surface area contributed by atoms with Crippen molar-refractivity contribution in [3.8, 4) is 16.9 Å². The van der Waals surface area contributed by atoms with Crippen molar-refractivity contribution in [3.63, 3.8) is 0 Å². The molecule has 170 valence electrons. The number of nitrogens with one attached hydrogen (secondary N) is 2. The number of hydrogen-bond acceptors (Lipinski definition) is 5. The maximum absolute atomic E-state index is 12.8. The molecule has 1 aliphatic rings. The van der Waals surface area contributed by atoms with Crippen LogP contribution >= 0.6 is 23.7 Å². The van der Waals surface area contributed by atoms with E-state index in [9.17, 15) is 4.79 Å². The minimum Gasteiger partial charge on any atom is -0.494 e. The molecule has 1 saturated carbocycles. The highest BCUT2D eigenvalue weighted by molar-refractivity contribution is 7.23. The number of rotatable bonds is 8. The first-order valence-corrected chi connectivity index (χ1v) is 11.7. The zero-order valence-electron chi connectivity index (χ0n) is 18.3. The summed E-state index contributed by atoms with van der Waals surface area (Å²) in [6.07, 6.45) is 2.69. The van der Waals surface area contributed by atoms with Gasteiger partial charge in [-0.25, -0.2) is 4.98 Å². The molecule has 0 atom stereocenters. The summed E-state index contributed by atoms with van der Waals surface area (Å²) in [6.45, 7) is 1.91. The van der Waals surface area contributed by atoms with Crippen LogP contribution in [-0.2, 0) is 6.54 Å². The SMILES string of the molecule is COc1ccc(-c2ccccc2)c2sc(NC(=O)c3ccc(CNCC4CC4)cc3)nc12.Cl. The van der Waals surface area contributed by atoms with E-state index in [4.69, 9.17) is 4.74 Å². The van der Waals surface area contributed by atoms with Crippen LogP contribution in [0.5, 0.6) is 5.75 Å². The lowest BCUT2D eigenvalue weighted by molar-refractivity contribution is 0.102. The molecule has 0 radical (unpaired) electrons. The number of amides is 1. The second kappa shape index (κ2) is 10.3. The molecule has 1 aliphatic carbocycles. The Kier molecular flexibility index (Phi) is 7.28. The first-order valence-electron chi connectivity index (χ1n) is 10.9. The third kappa shape index (κ3) is 5.36. The van der Waals surface area contributed by atoms with Crippen LogP contribution in [0.4, 0.5) is 5.13 Å². The number of carbonyl (C=O) groups is 1. The number of nitrogens with zero attached hydrogens (tertiary/aromatic N) is 1. The summed E-state index contributed by atoms with van der Waals surface area (Å²) in [6, 6.07) is 21.9. The Hall–Kier alpha value is -2.93. The normalized spacial score (nSPS) is 12.9. The quantitative estimate of drug-likeness (QED) is 0.318. The second-order valence-electron chi connectivity index (χ2n) is 8.10. The lowest BCUT2D eigenvalue weighted by Gasteiger charge is -2.05. The Labute approximate surface area is 203 Å². The Balaban J connectivity index is 0.00000259. The fraction of sp³-hybridized carbons (Fsp3) is 0.231. The van der Waals surface area contributed by atoms with Gasteiger partial charge in [-0.3, -0.25) is 10.1 Å². The van der Waals surface area contributed by atoms with Crippen molar-refractivity contribution in [2.24, 2.45) is 5.92 Å². The van der Waals surface area contributed by atoms with Crippen LogP contribution in [0.25, 0.3) is 21.3 Å². The summed E-state index contributed by atoms with van der Waals surface area (Å²) in [5, 5.41) is 6.99. The summed E-state index contributed by atoms with van der Waals surface area (Å²) in [5.74, 6) is 1.39. The number of hydrogen-bond donors (Lipinski definition) is 2. The van der Waals surface area contributed by atoms with E-state index in [1.807, 2.05) is 54.6 Å². The average Bonchev–Trinajstić information content (AvgIpc) is 3.56. The van der Waals surface area contributed by atoms with Crippen LogP contribution in [0.3, 0.4) is 0 Å². The van der Waals surface area contributed by atoms with Gasteiger partial charge in [-0.2, -0.15) is 0 Å². The van der Waals surface area contributed by atoms with Gasteiger partial charge in [0.1, 0.15) is 11.3 Å². The van der Waals surface area contributed by atoms with Gasteiger partial charge in [0.05, 0.1) is 11.8 Å². The minimum atomic E-state index is -0.165. The van der Waals surface area contributed by atoms with E-state index in [0.29, 0.717) is 16.4 Å². The van der Waals surface area contributed by atoms with Gasteiger partial charge in [0.2, 0.25) is 0 Å². The molecule has 0 unspecified atom stereocenters. The first-order chi connectivity index (χ1) is 15.7. The largest absolute Gasteiger partial charge is 0.494 e. The zero-order chi connectivity index (χ0) is 21.9. The van der Waals surface area contributed by atoms with E-state index >= 15 is 0 Å². The molecule has 0 saturated heterocycles. The molecule has 7 heteroatoms. The third-order valence-electron chi connectivity index (χ3n) is 5.71. The second-order valence-corrected chi connectivity index (χ2v) is 9.10. The molecule has 1 heterocycles. The van der Waals surface area contributed by atoms with Crippen molar-refractivity contribution in [2.45, 2.75) is 19.4 Å². The number of halogens is 1. The van der Waals surface area contributed by atoms with Gasteiger partial charge >= 0.3 is 0 Å². The summed E-state index contributed by atoms with van der Waals surface area (Å²) in [4.78, 5) is 17.5. The van der Waals surface area contributed by atoms with Crippen molar-refractivity contribution in [3.05, 3.63) is 77.9 Å². The van der Waals surface area contributed by atoms with Gasteiger partial charge in [0.25, 0.3) is 5.91 Å². The molecule has 3 aromatic carbocycles. The van der Waals surface area contributed by atoms with E-state index in [1.165, 1.54) is 29.7 Å². The molecule has 33 heavy (non-hydrogen) atoms. The number of fused-ring (bicyclic) bond motifs is 1. The maximum Gasteiger partial charge on any atom is 0.257 e. The van der Waals surface area contributed by atoms with Gasteiger partial charge in [0, 0.05) is 17.7 Å². The van der Waals surface area contributed by atoms with Crippen LogP contribution < -0.4 is 15.4 Å². The van der Waals surface area contributed by atoms with Crippen molar-refractivity contribution in [1.82, 2.24) is 10.3 Å². The summed E-state index contributed by atoms with van der Waals surface area (Å²) in [5.41, 5.74) is 4.73. The Bertz CT molecular complexity index is 1240.